The van der Waals surface area contributed by atoms with Gasteiger partial charge in [0.15, 0.2) is 0 Å². The SMILES string of the molecule is CCOC(C(F)(F)F)(C(F)(F)F)C(F)(C(F)(F)F)C(F)(F)F. The van der Waals surface area contributed by atoms with E-state index in [0.29, 0.717) is 0 Å². The first-order valence-corrected chi connectivity index (χ1v) is 4.91. The first-order valence-electron chi connectivity index (χ1n) is 4.91. The van der Waals surface area contributed by atoms with Crippen molar-refractivity contribution in [1.82, 2.24) is 0 Å². The smallest absolute Gasteiger partial charge is 0.355 e. The topological polar surface area (TPSA) is 9.23 Å². The highest BCUT2D eigenvalue weighted by Crippen LogP contribution is 2.63. The molecular formula is C8H5F13O. The Balaban J connectivity index is 7.01. The Morgan fingerprint density at radius 2 is 0.818 bits per heavy atom. The van der Waals surface area contributed by atoms with Crippen LogP contribution in [-0.2, 0) is 4.74 Å². The highest BCUT2D eigenvalue weighted by atomic mass is 19.4. The Morgan fingerprint density at radius 3 is 0.955 bits per heavy atom. The molecule has 1 nitrogen and oxygen atoms in total. The molecule has 0 aliphatic rings. The minimum atomic E-state index is -7.76. The van der Waals surface area contributed by atoms with Gasteiger partial charge in [0, 0.05) is 6.61 Å². The lowest BCUT2D eigenvalue weighted by Gasteiger charge is -2.46. The van der Waals surface area contributed by atoms with Crippen LogP contribution < -0.4 is 0 Å². The third kappa shape index (κ3) is 2.69. The van der Waals surface area contributed by atoms with Crippen LogP contribution in [0.5, 0.6) is 0 Å². The Hall–Kier alpha value is -0.950. The maximum Gasteiger partial charge on any atom is 0.435 e. The zero-order valence-electron chi connectivity index (χ0n) is 10.0. The summed E-state index contributed by atoms with van der Waals surface area (Å²) < 4.78 is 165. The lowest BCUT2D eigenvalue weighted by molar-refractivity contribution is -0.486. The quantitative estimate of drug-likeness (QED) is 0.659. The summed E-state index contributed by atoms with van der Waals surface area (Å²) in [5.74, 6) is 0. The van der Waals surface area contributed by atoms with Crippen molar-refractivity contribution in [2.24, 2.45) is 0 Å². The Labute approximate surface area is 113 Å². The molecule has 0 heterocycles. The molecule has 0 unspecified atom stereocenters. The van der Waals surface area contributed by atoms with Gasteiger partial charge in [-0.1, -0.05) is 0 Å². The zero-order valence-corrected chi connectivity index (χ0v) is 10.0. The van der Waals surface area contributed by atoms with Crippen LogP contribution in [0.25, 0.3) is 0 Å². The molecule has 0 fully saturated rings. The fraction of sp³-hybridized carbons (Fsp3) is 1.00. The summed E-state index contributed by atoms with van der Waals surface area (Å²) in [4.78, 5) is 0. The van der Waals surface area contributed by atoms with Crippen molar-refractivity contribution in [3.63, 3.8) is 0 Å². The van der Waals surface area contributed by atoms with Crippen LogP contribution in [0, 0.1) is 0 Å². The van der Waals surface area contributed by atoms with E-state index in [1.54, 1.807) is 0 Å². The van der Waals surface area contributed by atoms with Crippen LogP contribution in [0.4, 0.5) is 57.1 Å². The zero-order chi connectivity index (χ0) is 18.4. The molecule has 0 amide bonds. The summed E-state index contributed by atoms with van der Waals surface area (Å²) >= 11 is 0. The van der Waals surface area contributed by atoms with E-state index in [2.05, 4.69) is 4.74 Å². The number of hydrogen-bond acceptors (Lipinski definition) is 1. The first kappa shape index (κ1) is 21.0. The van der Waals surface area contributed by atoms with Gasteiger partial charge in [0.1, 0.15) is 0 Å². The maximum atomic E-state index is 13.5. The molecule has 0 spiro atoms. The Morgan fingerprint density at radius 1 is 0.545 bits per heavy atom. The summed E-state index contributed by atoms with van der Waals surface area (Å²) in [6.45, 7) is -1.70. The van der Waals surface area contributed by atoms with E-state index >= 15 is 0 Å². The van der Waals surface area contributed by atoms with Gasteiger partial charge in [-0.3, -0.25) is 0 Å². The number of alkyl halides is 13. The van der Waals surface area contributed by atoms with Gasteiger partial charge in [-0.25, -0.2) is 4.39 Å². The summed E-state index contributed by atoms with van der Waals surface area (Å²) in [6.07, 6.45) is -30.1. The molecule has 14 heteroatoms. The molecule has 0 bridgehead atoms. The first-order chi connectivity index (χ1) is 9.31. The van der Waals surface area contributed by atoms with Crippen molar-refractivity contribution in [2.45, 2.75) is 42.9 Å². The minimum absolute atomic E-state index is 0.236. The number of rotatable bonds is 3. The van der Waals surface area contributed by atoms with Crippen LogP contribution in [0.15, 0.2) is 0 Å². The van der Waals surface area contributed by atoms with Gasteiger partial charge < -0.3 is 4.74 Å². The standard InChI is InChI=1S/C8H5F13O/c1-2-22-4(7(16,17)18,8(19,20)21)3(9,5(10,11)12)6(13,14)15/h2H2,1H3. The van der Waals surface area contributed by atoms with Gasteiger partial charge in [-0.05, 0) is 6.92 Å². The third-order valence-electron chi connectivity index (χ3n) is 2.43. The molecule has 0 saturated carbocycles. The summed E-state index contributed by atoms with van der Waals surface area (Å²) in [5.41, 5.74) is -14.9. The molecule has 0 rings (SSSR count). The molecule has 0 saturated heterocycles. The van der Waals surface area contributed by atoms with Crippen molar-refractivity contribution >= 4 is 0 Å². The molecule has 0 aromatic rings. The van der Waals surface area contributed by atoms with Crippen LogP contribution in [0.3, 0.4) is 0 Å². The van der Waals surface area contributed by atoms with Crippen molar-refractivity contribution < 1.29 is 61.8 Å². The summed E-state index contributed by atoms with van der Waals surface area (Å²) in [6, 6.07) is 0. The second-order valence-electron chi connectivity index (χ2n) is 3.76. The highest BCUT2D eigenvalue weighted by molar-refractivity contribution is 5.18. The van der Waals surface area contributed by atoms with Crippen molar-refractivity contribution in [3.05, 3.63) is 0 Å². The molecule has 0 aliphatic heterocycles. The summed E-state index contributed by atoms with van der Waals surface area (Å²) in [5, 5.41) is 0. The Bertz CT molecular complexity index is 355. The average molecular weight is 364 g/mol. The fourth-order valence-corrected chi connectivity index (χ4v) is 1.59. The predicted molar refractivity (Wildman–Crippen MR) is 42.4 cm³/mol. The maximum absolute atomic E-state index is 13.5. The van der Waals surface area contributed by atoms with E-state index in [-0.39, 0.29) is 6.92 Å². The molecule has 0 N–H and O–H groups in total. The van der Waals surface area contributed by atoms with E-state index in [0.717, 1.165) is 0 Å². The number of halogens is 13. The largest absolute Gasteiger partial charge is 0.435 e. The molecule has 0 aliphatic carbocycles. The molecule has 0 aromatic heterocycles. The molecule has 0 aromatic carbocycles. The second-order valence-corrected chi connectivity index (χ2v) is 3.76. The van der Waals surface area contributed by atoms with Crippen molar-refractivity contribution in [3.8, 4) is 0 Å². The molecule has 0 atom stereocenters. The predicted octanol–water partition coefficient (Wildman–Crippen LogP) is 4.72. The van der Waals surface area contributed by atoms with Crippen molar-refractivity contribution in [2.75, 3.05) is 6.61 Å². The lowest BCUT2D eigenvalue weighted by Crippen LogP contribution is -2.79. The van der Waals surface area contributed by atoms with Crippen LogP contribution >= 0.6 is 0 Å². The van der Waals surface area contributed by atoms with Gasteiger partial charge in [0.2, 0.25) is 0 Å². The number of hydrogen-bond donors (Lipinski definition) is 0. The number of ether oxygens (including phenoxy) is 1. The van der Waals surface area contributed by atoms with Crippen molar-refractivity contribution in [1.29, 1.82) is 0 Å². The van der Waals surface area contributed by atoms with Gasteiger partial charge in [0.05, 0.1) is 0 Å². The average Bonchev–Trinajstić information content (AvgIpc) is 2.17. The van der Waals surface area contributed by atoms with Crippen LogP contribution in [-0.4, -0.2) is 42.6 Å². The van der Waals surface area contributed by atoms with E-state index in [9.17, 15) is 57.1 Å². The van der Waals surface area contributed by atoms with Gasteiger partial charge >= 0.3 is 36.0 Å². The van der Waals surface area contributed by atoms with Crippen LogP contribution in [0.1, 0.15) is 6.92 Å². The monoisotopic (exact) mass is 364 g/mol. The van der Waals surface area contributed by atoms with Gasteiger partial charge in [-0.15, -0.1) is 0 Å². The Kier molecular flexibility index (Phi) is 5.07. The summed E-state index contributed by atoms with van der Waals surface area (Å²) in [7, 11) is 0. The molecule has 0 radical (unpaired) electrons. The van der Waals surface area contributed by atoms with E-state index < -0.39 is 42.6 Å². The molecule has 22 heavy (non-hydrogen) atoms. The van der Waals surface area contributed by atoms with E-state index in [1.807, 2.05) is 0 Å². The fourth-order valence-electron chi connectivity index (χ4n) is 1.59. The molecular weight excluding hydrogens is 359 g/mol. The lowest BCUT2D eigenvalue weighted by atomic mass is 9.81. The van der Waals surface area contributed by atoms with Crippen LogP contribution in [0.2, 0.25) is 0 Å². The van der Waals surface area contributed by atoms with E-state index in [4.69, 9.17) is 0 Å². The van der Waals surface area contributed by atoms with Gasteiger partial charge in [0.25, 0.3) is 0 Å². The normalized spacial score (nSPS) is 16.1. The minimum Gasteiger partial charge on any atom is -0.355 e. The second kappa shape index (κ2) is 5.30. The van der Waals surface area contributed by atoms with E-state index in [1.165, 1.54) is 0 Å². The molecule has 134 valence electrons. The third-order valence-corrected chi connectivity index (χ3v) is 2.43. The highest BCUT2D eigenvalue weighted by Gasteiger charge is 2.96. The van der Waals surface area contributed by atoms with Gasteiger partial charge in [-0.2, -0.15) is 52.7 Å².